The maximum Gasteiger partial charge on any atom is 0.214 e. The smallest absolute Gasteiger partial charge is 0.214 e. The van der Waals surface area contributed by atoms with Crippen LogP contribution in [0.2, 0.25) is 0 Å². The predicted octanol–water partition coefficient (Wildman–Crippen LogP) is 0.429. The van der Waals surface area contributed by atoms with Crippen LogP contribution in [0.3, 0.4) is 0 Å². The van der Waals surface area contributed by atoms with Crippen molar-refractivity contribution in [3.8, 4) is 0 Å². The molecular weight excluding hydrogens is 202 g/mol. The summed E-state index contributed by atoms with van der Waals surface area (Å²) < 4.78 is 24.6. The third-order valence-electron chi connectivity index (χ3n) is 2.38. The lowest BCUT2D eigenvalue weighted by Gasteiger charge is -2.43. The number of β-amino-alcohol motifs (C(OH)–C–C–N with tert-alkyl or cyclic N) is 1. The molecule has 0 aromatic heterocycles. The predicted molar refractivity (Wildman–Crippen MR) is 55.4 cm³/mol. The van der Waals surface area contributed by atoms with E-state index in [0.29, 0.717) is 12.3 Å². The van der Waals surface area contributed by atoms with Crippen molar-refractivity contribution in [1.29, 1.82) is 0 Å². The highest BCUT2D eigenvalue weighted by Crippen LogP contribution is 2.24. The number of hydrogen-bond donors (Lipinski definition) is 1. The van der Waals surface area contributed by atoms with E-state index in [1.54, 1.807) is 6.92 Å². The van der Waals surface area contributed by atoms with E-state index in [-0.39, 0.29) is 18.8 Å². The molecule has 0 amide bonds. The zero-order chi connectivity index (χ0) is 11.0. The monoisotopic (exact) mass is 221 g/mol. The highest BCUT2D eigenvalue weighted by atomic mass is 32.2. The minimum absolute atomic E-state index is 0.195. The summed E-state index contributed by atoms with van der Waals surface area (Å²) in [7, 11) is -3.12. The van der Waals surface area contributed by atoms with Crippen LogP contribution >= 0.6 is 0 Å². The van der Waals surface area contributed by atoms with Gasteiger partial charge in [0.25, 0.3) is 0 Å². The van der Waals surface area contributed by atoms with Crippen LogP contribution in [0.15, 0.2) is 0 Å². The average Bonchev–Trinajstić information content (AvgIpc) is 1.96. The van der Waals surface area contributed by atoms with E-state index in [1.165, 1.54) is 4.31 Å². The number of hydrogen-bond acceptors (Lipinski definition) is 3. The van der Waals surface area contributed by atoms with Crippen LogP contribution in [0.5, 0.6) is 0 Å². The van der Waals surface area contributed by atoms with Gasteiger partial charge in [-0.1, -0.05) is 13.8 Å². The molecule has 0 aromatic carbocycles. The van der Waals surface area contributed by atoms with Crippen LogP contribution in [0.1, 0.15) is 27.2 Å². The zero-order valence-electron chi connectivity index (χ0n) is 9.02. The van der Waals surface area contributed by atoms with E-state index >= 15 is 0 Å². The van der Waals surface area contributed by atoms with Gasteiger partial charge < -0.3 is 5.11 Å². The lowest BCUT2D eigenvalue weighted by molar-refractivity contribution is -0.0426. The van der Waals surface area contributed by atoms with Gasteiger partial charge in [-0.2, -0.15) is 4.31 Å². The fourth-order valence-corrected chi connectivity index (χ4v) is 3.40. The summed E-state index contributed by atoms with van der Waals surface area (Å²) in [5, 5.41) is 9.42. The van der Waals surface area contributed by atoms with E-state index in [0.717, 1.165) is 0 Å². The maximum atomic E-state index is 11.6. The molecule has 4 nitrogen and oxygen atoms in total. The van der Waals surface area contributed by atoms with Gasteiger partial charge in [0.05, 0.1) is 11.4 Å². The van der Waals surface area contributed by atoms with Crippen molar-refractivity contribution >= 4 is 10.0 Å². The molecule has 1 saturated heterocycles. The largest absolute Gasteiger partial charge is 0.387 e. The van der Waals surface area contributed by atoms with Gasteiger partial charge in [-0.3, -0.25) is 0 Å². The molecule has 0 aliphatic carbocycles. The Hall–Kier alpha value is -0.130. The Labute approximate surface area is 86.0 Å². The van der Waals surface area contributed by atoms with Gasteiger partial charge in [0, 0.05) is 13.1 Å². The van der Waals surface area contributed by atoms with Crippen molar-refractivity contribution < 1.29 is 13.5 Å². The summed E-state index contributed by atoms with van der Waals surface area (Å²) in [5.74, 6) is 0.590. The second-order valence-electron chi connectivity index (χ2n) is 4.76. The number of aliphatic hydroxyl groups is 1. The van der Waals surface area contributed by atoms with Crippen LogP contribution in [0.4, 0.5) is 0 Å². The summed E-state index contributed by atoms with van der Waals surface area (Å²) >= 11 is 0. The van der Waals surface area contributed by atoms with Crippen molar-refractivity contribution in [2.45, 2.75) is 32.8 Å². The first-order chi connectivity index (χ1) is 6.23. The Morgan fingerprint density at radius 3 is 2.29 bits per heavy atom. The molecule has 0 radical (unpaired) electrons. The van der Waals surface area contributed by atoms with Gasteiger partial charge in [-0.05, 0) is 19.3 Å². The first-order valence-corrected chi connectivity index (χ1v) is 6.54. The summed E-state index contributed by atoms with van der Waals surface area (Å²) in [4.78, 5) is 0. The maximum absolute atomic E-state index is 11.6. The quantitative estimate of drug-likeness (QED) is 0.749. The molecule has 84 valence electrons. The van der Waals surface area contributed by atoms with E-state index < -0.39 is 15.6 Å². The van der Waals surface area contributed by atoms with Crippen LogP contribution < -0.4 is 0 Å². The first-order valence-electron chi connectivity index (χ1n) is 4.93. The zero-order valence-corrected chi connectivity index (χ0v) is 9.84. The van der Waals surface area contributed by atoms with Crippen molar-refractivity contribution in [3.63, 3.8) is 0 Å². The van der Waals surface area contributed by atoms with Gasteiger partial charge in [0.1, 0.15) is 0 Å². The molecule has 1 heterocycles. The standard InChI is InChI=1S/C9H19NO3S/c1-8(2)4-5-14(12,13)10-6-9(3,11)7-10/h8,11H,4-7H2,1-3H3. The van der Waals surface area contributed by atoms with Gasteiger partial charge >= 0.3 is 0 Å². The fraction of sp³-hybridized carbons (Fsp3) is 1.00. The average molecular weight is 221 g/mol. The highest BCUT2D eigenvalue weighted by Gasteiger charge is 2.42. The summed E-state index contributed by atoms with van der Waals surface area (Å²) in [5.41, 5.74) is -0.815. The Morgan fingerprint density at radius 1 is 1.43 bits per heavy atom. The van der Waals surface area contributed by atoms with Gasteiger partial charge in [0.15, 0.2) is 0 Å². The SMILES string of the molecule is CC(C)CCS(=O)(=O)N1CC(C)(O)C1. The summed E-state index contributed by atoms with van der Waals surface area (Å²) in [6, 6.07) is 0. The van der Waals surface area contributed by atoms with Gasteiger partial charge in [-0.25, -0.2) is 8.42 Å². The van der Waals surface area contributed by atoms with Gasteiger partial charge in [-0.15, -0.1) is 0 Å². The van der Waals surface area contributed by atoms with E-state index in [1.807, 2.05) is 13.8 Å². The summed E-state index contributed by atoms with van der Waals surface area (Å²) in [6.07, 6.45) is 0.682. The van der Waals surface area contributed by atoms with E-state index in [4.69, 9.17) is 0 Å². The molecule has 1 fully saturated rings. The third kappa shape index (κ3) is 2.93. The van der Waals surface area contributed by atoms with Crippen molar-refractivity contribution in [2.75, 3.05) is 18.8 Å². The van der Waals surface area contributed by atoms with Gasteiger partial charge in [0.2, 0.25) is 10.0 Å². The molecule has 0 unspecified atom stereocenters. The Morgan fingerprint density at radius 2 is 1.93 bits per heavy atom. The number of rotatable bonds is 4. The van der Waals surface area contributed by atoms with Crippen molar-refractivity contribution in [3.05, 3.63) is 0 Å². The molecule has 14 heavy (non-hydrogen) atoms. The Bertz CT molecular complexity index is 287. The van der Waals surface area contributed by atoms with Crippen LogP contribution in [0.25, 0.3) is 0 Å². The molecule has 0 aromatic rings. The molecule has 0 atom stereocenters. The summed E-state index contributed by atoms with van der Waals surface area (Å²) in [6.45, 7) is 6.14. The minimum Gasteiger partial charge on any atom is -0.387 e. The Kier molecular flexibility index (Phi) is 3.23. The molecule has 1 N–H and O–H groups in total. The lowest BCUT2D eigenvalue weighted by Crippen LogP contribution is -2.61. The molecule has 1 aliphatic heterocycles. The molecule has 0 spiro atoms. The topological polar surface area (TPSA) is 57.6 Å². The molecule has 0 saturated carbocycles. The second-order valence-corrected chi connectivity index (χ2v) is 6.85. The fourth-order valence-electron chi connectivity index (χ4n) is 1.42. The van der Waals surface area contributed by atoms with Crippen LogP contribution in [-0.4, -0.2) is 42.3 Å². The van der Waals surface area contributed by atoms with Crippen molar-refractivity contribution in [1.82, 2.24) is 4.31 Å². The van der Waals surface area contributed by atoms with E-state index in [9.17, 15) is 13.5 Å². The highest BCUT2D eigenvalue weighted by molar-refractivity contribution is 7.89. The third-order valence-corrected chi connectivity index (χ3v) is 4.18. The van der Waals surface area contributed by atoms with E-state index in [2.05, 4.69) is 0 Å². The molecule has 1 rings (SSSR count). The first kappa shape index (κ1) is 11.9. The number of nitrogens with zero attached hydrogens (tertiary/aromatic N) is 1. The Balaban J connectivity index is 2.44. The van der Waals surface area contributed by atoms with Crippen molar-refractivity contribution in [2.24, 2.45) is 5.92 Å². The molecule has 5 heteroatoms. The normalized spacial score (nSPS) is 22.4. The number of sulfonamides is 1. The minimum atomic E-state index is -3.12. The second kappa shape index (κ2) is 3.79. The molecular formula is C9H19NO3S. The van der Waals surface area contributed by atoms with Crippen LogP contribution in [0, 0.1) is 5.92 Å². The lowest BCUT2D eigenvalue weighted by atomic mass is 10.0. The molecule has 0 bridgehead atoms. The molecule has 1 aliphatic rings. The van der Waals surface area contributed by atoms with Crippen LogP contribution in [-0.2, 0) is 10.0 Å².